The summed E-state index contributed by atoms with van der Waals surface area (Å²) in [6.45, 7) is 3.91. The Morgan fingerprint density at radius 2 is 1.95 bits per heavy atom. The smallest absolute Gasteiger partial charge is 0.159 e. The van der Waals surface area contributed by atoms with Gasteiger partial charge in [0.2, 0.25) is 0 Å². The molecule has 0 saturated heterocycles. The summed E-state index contributed by atoms with van der Waals surface area (Å²) in [5, 5.41) is 0. The quantitative estimate of drug-likeness (QED) is 0.744. The van der Waals surface area contributed by atoms with Gasteiger partial charge in [0.1, 0.15) is 0 Å². The van der Waals surface area contributed by atoms with Gasteiger partial charge in [-0.2, -0.15) is 0 Å². The van der Waals surface area contributed by atoms with Crippen LogP contribution in [-0.2, 0) is 4.79 Å². The van der Waals surface area contributed by atoms with Gasteiger partial charge in [0.05, 0.1) is 0 Å². The maximum atomic E-state index is 12.0. The molecule has 3 rings (SSSR count). The van der Waals surface area contributed by atoms with Crippen LogP contribution in [0.3, 0.4) is 0 Å². The van der Waals surface area contributed by atoms with Crippen molar-refractivity contribution in [1.29, 1.82) is 0 Å². The Hall–Kier alpha value is -1.89. The van der Waals surface area contributed by atoms with Crippen LogP contribution in [0.4, 0.5) is 0 Å². The minimum Gasteiger partial charge on any atom is -0.295 e. The first-order valence-electron chi connectivity index (χ1n) is 6.87. The van der Waals surface area contributed by atoms with Gasteiger partial charge in [-0.1, -0.05) is 54.6 Å². The predicted octanol–water partition coefficient (Wildman–Crippen LogP) is 3.89. The van der Waals surface area contributed by atoms with Crippen molar-refractivity contribution in [3.63, 3.8) is 0 Å². The summed E-state index contributed by atoms with van der Waals surface area (Å²) in [6.07, 6.45) is 11.2. The highest BCUT2D eigenvalue weighted by molar-refractivity contribution is 5.95. The van der Waals surface area contributed by atoms with Crippen LogP contribution >= 0.6 is 0 Å². The van der Waals surface area contributed by atoms with Gasteiger partial charge in [-0.05, 0) is 35.8 Å². The second kappa shape index (κ2) is 5.00. The highest BCUT2D eigenvalue weighted by Gasteiger charge is 2.45. The van der Waals surface area contributed by atoms with Gasteiger partial charge in [-0.15, -0.1) is 6.58 Å². The van der Waals surface area contributed by atoms with E-state index in [1.54, 1.807) is 6.08 Å². The zero-order valence-electron chi connectivity index (χ0n) is 10.9. The lowest BCUT2D eigenvalue weighted by atomic mass is 9.88. The van der Waals surface area contributed by atoms with Crippen molar-refractivity contribution >= 4 is 11.9 Å². The summed E-state index contributed by atoms with van der Waals surface area (Å²) in [5.74, 6) is 1.59. The zero-order valence-corrected chi connectivity index (χ0v) is 10.9. The molecular weight excluding hydrogens is 232 g/mol. The topological polar surface area (TPSA) is 17.1 Å². The molecule has 1 nitrogen and oxygen atoms in total. The molecule has 0 N–H and O–H groups in total. The van der Waals surface area contributed by atoms with Crippen molar-refractivity contribution in [2.45, 2.75) is 6.42 Å². The van der Waals surface area contributed by atoms with Gasteiger partial charge in [0.25, 0.3) is 0 Å². The summed E-state index contributed by atoms with van der Waals surface area (Å²) in [4.78, 5) is 12.0. The maximum Gasteiger partial charge on any atom is 0.159 e. The van der Waals surface area contributed by atoms with E-state index in [2.05, 4.69) is 36.9 Å². The molecule has 1 fully saturated rings. The first kappa shape index (κ1) is 12.2. The standard InChI is InChI=1S/C18H18O/c1-2-14-12-15(18-16(14)10-11-17(18)19)9-8-13-6-4-3-5-7-13/h2-11,14-16,18H,1,12H2/b9-8+. The number of allylic oxidation sites excluding steroid dienone is 4. The van der Waals surface area contributed by atoms with Gasteiger partial charge in [0, 0.05) is 5.92 Å². The fraction of sp³-hybridized carbons (Fsp3) is 0.278. The summed E-state index contributed by atoms with van der Waals surface area (Å²) in [7, 11) is 0. The van der Waals surface area contributed by atoms with Crippen molar-refractivity contribution in [1.82, 2.24) is 0 Å². The van der Waals surface area contributed by atoms with Gasteiger partial charge >= 0.3 is 0 Å². The Labute approximate surface area is 114 Å². The Kier molecular flexibility index (Phi) is 3.20. The van der Waals surface area contributed by atoms with Crippen molar-refractivity contribution in [3.8, 4) is 0 Å². The SMILES string of the molecule is C=CC1CC(/C=C/c2ccccc2)C2C(=O)C=CC12. The second-order valence-corrected chi connectivity index (χ2v) is 5.43. The number of carbonyl (C=O) groups is 1. The molecule has 2 aliphatic rings. The third kappa shape index (κ3) is 2.21. The number of benzene rings is 1. The fourth-order valence-corrected chi connectivity index (χ4v) is 3.40. The molecule has 1 heteroatoms. The zero-order chi connectivity index (χ0) is 13.2. The first-order valence-corrected chi connectivity index (χ1v) is 6.87. The first-order chi connectivity index (χ1) is 9.29. The monoisotopic (exact) mass is 250 g/mol. The van der Waals surface area contributed by atoms with Gasteiger partial charge < -0.3 is 0 Å². The van der Waals surface area contributed by atoms with Crippen LogP contribution in [0.25, 0.3) is 6.08 Å². The highest BCUT2D eigenvalue weighted by atomic mass is 16.1. The van der Waals surface area contributed by atoms with Crippen molar-refractivity contribution < 1.29 is 4.79 Å². The van der Waals surface area contributed by atoms with Crippen LogP contribution in [0.2, 0.25) is 0 Å². The summed E-state index contributed by atoms with van der Waals surface area (Å²) in [6, 6.07) is 10.3. The van der Waals surface area contributed by atoms with E-state index in [0.29, 0.717) is 17.8 Å². The predicted molar refractivity (Wildman–Crippen MR) is 78.4 cm³/mol. The van der Waals surface area contributed by atoms with Gasteiger partial charge in [-0.25, -0.2) is 0 Å². The molecule has 0 aromatic heterocycles. The third-order valence-electron chi connectivity index (χ3n) is 4.36. The van der Waals surface area contributed by atoms with E-state index >= 15 is 0 Å². The average molecular weight is 250 g/mol. The second-order valence-electron chi connectivity index (χ2n) is 5.43. The van der Waals surface area contributed by atoms with E-state index in [9.17, 15) is 4.79 Å². The van der Waals surface area contributed by atoms with E-state index in [1.807, 2.05) is 24.3 Å². The fourth-order valence-electron chi connectivity index (χ4n) is 3.40. The largest absolute Gasteiger partial charge is 0.295 e. The molecule has 4 atom stereocenters. The highest BCUT2D eigenvalue weighted by Crippen LogP contribution is 2.47. The number of fused-ring (bicyclic) bond motifs is 1. The van der Waals surface area contributed by atoms with E-state index < -0.39 is 0 Å². The Bertz CT molecular complexity index is 538. The molecule has 1 saturated carbocycles. The number of carbonyl (C=O) groups excluding carboxylic acids is 1. The van der Waals surface area contributed by atoms with Gasteiger partial charge in [0.15, 0.2) is 5.78 Å². The maximum absolute atomic E-state index is 12.0. The van der Waals surface area contributed by atoms with Crippen LogP contribution in [0, 0.1) is 23.7 Å². The molecule has 1 aromatic carbocycles. The Balaban J connectivity index is 1.80. The normalized spacial score (nSPS) is 32.9. The molecule has 96 valence electrons. The number of hydrogen-bond donors (Lipinski definition) is 0. The molecule has 0 spiro atoms. The molecule has 0 radical (unpaired) electrons. The lowest BCUT2D eigenvalue weighted by Crippen LogP contribution is -2.17. The van der Waals surface area contributed by atoms with Crippen LogP contribution in [-0.4, -0.2) is 5.78 Å². The molecule has 0 amide bonds. The van der Waals surface area contributed by atoms with E-state index in [0.717, 1.165) is 6.42 Å². The minimum atomic E-state index is 0.142. The van der Waals surface area contributed by atoms with Crippen LogP contribution in [0.5, 0.6) is 0 Å². The average Bonchev–Trinajstić information content (AvgIpc) is 2.99. The number of rotatable bonds is 3. The lowest BCUT2D eigenvalue weighted by molar-refractivity contribution is -0.118. The van der Waals surface area contributed by atoms with Crippen LogP contribution in [0.15, 0.2) is 61.2 Å². The van der Waals surface area contributed by atoms with Crippen molar-refractivity contribution in [3.05, 3.63) is 66.8 Å². The third-order valence-corrected chi connectivity index (χ3v) is 4.36. The molecule has 0 bridgehead atoms. The minimum absolute atomic E-state index is 0.142. The molecule has 2 aliphatic carbocycles. The van der Waals surface area contributed by atoms with E-state index in [-0.39, 0.29) is 11.7 Å². The van der Waals surface area contributed by atoms with Crippen LogP contribution in [0.1, 0.15) is 12.0 Å². The van der Waals surface area contributed by atoms with Crippen LogP contribution < -0.4 is 0 Å². The number of ketones is 1. The van der Waals surface area contributed by atoms with E-state index in [1.165, 1.54) is 5.56 Å². The molecule has 1 aromatic rings. The summed E-state index contributed by atoms with van der Waals surface area (Å²) >= 11 is 0. The van der Waals surface area contributed by atoms with E-state index in [4.69, 9.17) is 0 Å². The Morgan fingerprint density at radius 1 is 1.16 bits per heavy atom. The lowest BCUT2D eigenvalue weighted by Gasteiger charge is -2.13. The summed E-state index contributed by atoms with van der Waals surface area (Å²) in [5.41, 5.74) is 1.19. The van der Waals surface area contributed by atoms with Crippen molar-refractivity contribution in [2.75, 3.05) is 0 Å². The Morgan fingerprint density at radius 3 is 2.68 bits per heavy atom. The molecular formula is C18H18O. The molecule has 0 aliphatic heterocycles. The van der Waals surface area contributed by atoms with Crippen molar-refractivity contribution in [2.24, 2.45) is 23.7 Å². The van der Waals surface area contributed by atoms with Gasteiger partial charge in [-0.3, -0.25) is 4.79 Å². The number of hydrogen-bond acceptors (Lipinski definition) is 1. The summed E-state index contributed by atoms with van der Waals surface area (Å²) < 4.78 is 0. The molecule has 0 heterocycles. The molecule has 4 unspecified atom stereocenters. The molecule has 19 heavy (non-hydrogen) atoms.